The Hall–Kier alpha value is -3.14. The third-order valence-corrected chi connectivity index (χ3v) is 5.79. The first-order chi connectivity index (χ1) is 17.0. The van der Waals surface area contributed by atoms with Crippen LogP contribution in [0.25, 0.3) is 0 Å². The molecule has 0 aliphatic heterocycles. The lowest BCUT2D eigenvalue weighted by Crippen LogP contribution is -2.42. The second kappa shape index (κ2) is 15.8. The summed E-state index contributed by atoms with van der Waals surface area (Å²) in [6.07, 6.45) is 1.62. The number of aliphatic carboxylic acids is 1. The molecule has 10 heteroatoms. The molecule has 202 valence electrons. The average molecular weight is 510 g/mol. The van der Waals surface area contributed by atoms with Crippen LogP contribution in [0.3, 0.4) is 0 Å². The molecular weight excluding hydrogens is 470 g/mol. The molecule has 0 aliphatic rings. The van der Waals surface area contributed by atoms with Crippen molar-refractivity contribution in [2.45, 2.75) is 91.2 Å². The van der Waals surface area contributed by atoms with Gasteiger partial charge in [0.25, 0.3) is 0 Å². The van der Waals surface area contributed by atoms with Gasteiger partial charge in [0.05, 0.1) is 6.61 Å². The van der Waals surface area contributed by atoms with Gasteiger partial charge in [-0.2, -0.15) is 0 Å². The van der Waals surface area contributed by atoms with Gasteiger partial charge in [0.15, 0.2) is 11.5 Å². The summed E-state index contributed by atoms with van der Waals surface area (Å²) >= 11 is 0. The average Bonchev–Trinajstić information content (AvgIpc) is 2.82. The molecule has 0 saturated carbocycles. The van der Waals surface area contributed by atoms with Crippen LogP contribution >= 0.6 is 0 Å². The summed E-state index contributed by atoms with van der Waals surface area (Å²) in [6.45, 7) is 8.96. The molecule has 0 fully saturated rings. The fourth-order valence-corrected chi connectivity index (χ4v) is 3.58. The summed E-state index contributed by atoms with van der Waals surface area (Å²) in [4.78, 5) is 48.3. The Morgan fingerprint density at radius 2 is 1.47 bits per heavy atom. The standard InChI is InChI=1S/C26H39NO9/c1-6-9-11-21(28)35-19-14-13-18(15-20(19)36-22(29)12-10-7-2)23(24(27)25(30)31)16(4)17(5)34-26(32)33-8-3/h13-17,23-24H,6-12,27H2,1-5H3,(H,30,31)/t16?,17?,23?,24-/m0/s1. The van der Waals surface area contributed by atoms with Crippen molar-refractivity contribution in [1.29, 1.82) is 0 Å². The smallest absolute Gasteiger partial charge is 0.480 e. The van der Waals surface area contributed by atoms with Gasteiger partial charge in [0, 0.05) is 24.7 Å². The molecule has 0 aliphatic carbocycles. The monoisotopic (exact) mass is 509 g/mol. The maximum atomic E-state index is 12.4. The lowest BCUT2D eigenvalue weighted by atomic mass is 9.79. The summed E-state index contributed by atoms with van der Waals surface area (Å²) in [5.74, 6) is -3.60. The van der Waals surface area contributed by atoms with Crippen molar-refractivity contribution in [3.8, 4) is 11.5 Å². The Kier molecular flexibility index (Phi) is 13.5. The van der Waals surface area contributed by atoms with Crippen molar-refractivity contribution < 1.29 is 43.2 Å². The lowest BCUT2D eigenvalue weighted by molar-refractivity contribution is -0.140. The highest BCUT2D eigenvalue weighted by molar-refractivity contribution is 5.77. The largest absolute Gasteiger partial charge is 0.508 e. The van der Waals surface area contributed by atoms with Crippen molar-refractivity contribution in [1.82, 2.24) is 0 Å². The van der Waals surface area contributed by atoms with Crippen LogP contribution in [0.4, 0.5) is 4.79 Å². The summed E-state index contributed by atoms with van der Waals surface area (Å²) < 4.78 is 21.0. The highest BCUT2D eigenvalue weighted by atomic mass is 16.7. The van der Waals surface area contributed by atoms with E-state index in [1.54, 1.807) is 26.8 Å². The van der Waals surface area contributed by atoms with Gasteiger partial charge < -0.3 is 29.8 Å². The number of carboxylic acid groups (broad SMARTS) is 1. The van der Waals surface area contributed by atoms with Crippen molar-refractivity contribution >= 4 is 24.1 Å². The van der Waals surface area contributed by atoms with E-state index < -0.39 is 48.0 Å². The predicted octanol–water partition coefficient (Wildman–Crippen LogP) is 4.57. The summed E-state index contributed by atoms with van der Waals surface area (Å²) in [7, 11) is 0. The Balaban J connectivity index is 3.39. The van der Waals surface area contributed by atoms with Gasteiger partial charge in [-0.1, -0.05) is 39.7 Å². The Labute approximate surface area is 212 Å². The van der Waals surface area contributed by atoms with Crippen LogP contribution in [0.1, 0.15) is 84.6 Å². The zero-order valence-corrected chi connectivity index (χ0v) is 21.8. The summed E-state index contributed by atoms with van der Waals surface area (Å²) in [5.41, 5.74) is 6.47. The van der Waals surface area contributed by atoms with E-state index in [9.17, 15) is 24.3 Å². The molecule has 0 spiro atoms. The van der Waals surface area contributed by atoms with E-state index in [2.05, 4.69) is 0 Å². The molecule has 0 radical (unpaired) electrons. The molecule has 36 heavy (non-hydrogen) atoms. The molecule has 0 amide bonds. The van der Waals surface area contributed by atoms with Crippen LogP contribution in [-0.4, -0.2) is 47.9 Å². The van der Waals surface area contributed by atoms with Gasteiger partial charge in [0.2, 0.25) is 0 Å². The number of carbonyl (C=O) groups is 4. The number of ether oxygens (including phenoxy) is 4. The first-order valence-electron chi connectivity index (χ1n) is 12.4. The fraction of sp³-hybridized carbons (Fsp3) is 0.615. The number of unbranched alkanes of at least 4 members (excludes halogenated alkanes) is 2. The molecule has 1 aromatic carbocycles. The van der Waals surface area contributed by atoms with Crippen LogP contribution in [0.2, 0.25) is 0 Å². The van der Waals surface area contributed by atoms with E-state index in [-0.39, 0.29) is 30.9 Å². The Morgan fingerprint density at radius 1 is 0.917 bits per heavy atom. The van der Waals surface area contributed by atoms with Crippen molar-refractivity contribution in [3.05, 3.63) is 23.8 Å². The molecule has 0 aromatic heterocycles. The molecule has 0 heterocycles. The van der Waals surface area contributed by atoms with Crippen LogP contribution in [0.5, 0.6) is 11.5 Å². The molecule has 0 saturated heterocycles. The molecule has 3 N–H and O–H groups in total. The maximum absolute atomic E-state index is 12.4. The number of rotatable bonds is 15. The van der Waals surface area contributed by atoms with E-state index in [4.69, 9.17) is 24.7 Å². The number of carbonyl (C=O) groups excluding carboxylic acids is 3. The Morgan fingerprint density at radius 3 is 1.97 bits per heavy atom. The SMILES string of the molecule is CCCCC(=O)Oc1ccc(C(C(C)C(C)OC(=O)OCC)[C@H](N)C(=O)O)cc1OC(=O)CCCC. The number of carboxylic acids is 1. The minimum Gasteiger partial charge on any atom is -0.480 e. The maximum Gasteiger partial charge on any atom is 0.508 e. The van der Waals surface area contributed by atoms with Gasteiger partial charge in [-0.05, 0) is 44.4 Å². The normalized spacial score (nSPS) is 14.2. The number of nitrogens with two attached hydrogens (primary N) is 1. The van der Waals surface area contributed by atoms with Gasteiger partial charge in [0.1, 0.15) is 12.1 Å². The molecular formula is C26H39NO9. The Bertz CT molecular complexity index is 886. The van der Waals surface area contributed by atoms with Gasteiger partial charge in [-0.15, -0.1) is 0 Å². The van der Waals surface area contributed by atoms with Crippen LogP contribution in [0, 0.1) is 5.92 Å². The van der Waals surface area contributed by atoms with Crippen LogP contribution in [-0.2, 0) is 23.9 Å². The van der Waals surface area contributed by atoms with Crippen LogP contribution < -0.4 is 15.2 Å². The minimum absolute atomic E-state index is 0.00722. The van der Waals surface area contributed by atoms with E-state index in [0.29, 0.717) is 18.4 Å². The third-order valence-electron chi connectivity index (χ3n) is 5.79. The van der Waals surface area contributed by atoms with E-state index in [1.807, 2.05) is 13.8 Å². The van der Waals surface area contributed by atoms with E-state index in [0.717, 1.165) is 12.8 Å². The highest BCUT2D eigenvalue weighted by Gasteiger charge is 2.36. The molecule has 1 aromatic rings. The second-order valence-electron chi connectivity index (χ2n) is 8.62. The fourth-order valence-electron chi connectivity index (χ4n) is 3.58. The van der Waals surface area contributed by atoms with Crippen molar-refractivity contribution in [2.24, 2.45) is 11.7 Å². The summed E-state index contributed by atoms with van der Waals surface area (Å²) in [5, 5.41) is 9.67. The number of esters is 2. The minimum atomic E-state index is -1.37. The van der Waals surface area contributed by atoms with Gasteiger partial charge in [-0.25, -0.2) is 4.79 Å². The molecule has 3 unspecified atom stereocenters. The van der Waals surface area contributed by atoms with E-state index in [1.165, 1.54) is 12.1 Å². The molecule has 4 atom stereocenters. The van der Waals surface area contributed by atoms with E-state index >= 15 is 0 Å². The van der Waals surface area contributed by atoms with Gasteiger partial charge >= 0.3 is 24.1 Å². The van der Waals surface area contributed by atoms with Gasteiger partial charge in [-0.3, -0.25) is 14.4 Å². The first kappa shape index (κ1) is 30.9. The number of hydrogen-bond acceptors (Lipinski definition) is 9. The quantitative estimate of drug-likeness (QED) is 0.254. The topological polar surface area (TPSA) is 151 Å². The molecule has 0 bridgehead atoms. The first-order valence-corrected chi connectivity index (χ1v) is 12.4. The van der Waals surface area contributed by atoms with Crippen LogP contribution in [0.15, 0.2) is 18.2 Å². The zero-order chi connectivity index (χ0) is 27.3. The highest BCUT2D eigenvalue weighted by Crippen LogP contribution is 2.37. The zero-order valence-electron chi connectivity index (χ0n) is 21.8. The predicted molar refractivity (Wildman–Crippen MR) is 132 cm³/mol. The summed E-state index contributed by atoms with van der Waals surface area (Å²) in [6, 6.07) is 3.10. The second-order valence-corrected chi connectivity index (χ2v) is 8.62. The number of benzene rings is 1. The van der Waals surface area contributed by atoms with Crippen molar-refractivity contribution in [2.75, 3.05) is 6.61 Å². The number of hydrogen-bond donors (Lipinski definition) is 2. The third kappa shape index (κ3) is 9.85. The van der Waals surface area contributed by atoms with Crippen molar-refractivity contribution in [3.63, 3.8) is 0 Å². The molecule has 10 nitrogen and oxygen atoms in total. The molecule has 1 rings (SSSR count). The lowest BCUT2D eigenvalue weighted by Gasteiger charge is -2.31.